The molecule has 0 rings (SSSR count). The van der Waals surface area contributed by atoms with Crippen LogP contribution in [0.5, 0.6) is 0 Å². The third-order valence-electron chi connectivity index (χ3n) is 6.66. The van der Waals surface area contributed by atoms with Gasteiger partial charge in [-0.1, -0.05) is 92.9 Å². The van der Waals surface area contributed by atoms with Crippen LogP contribution in [0.15, 0.2) is 0 Å². The van der Waals surface area contributed by atoms with Crippen molar-refractivity contribution in [2.45, 2.75) is 119 Å². The van der Waals surface area contributed by atoms with Crippen molar-refractivity contribution in [1.82, 2.24) is 15.1 Å². The topological polar surface area (TPSA) is 18.5 Å². The first-order chi connectivity index (χ1) is 14.6. The van der Waals surface area contributed by atoms with Gasteiger partial charge in [0.05, 0.1) is 6.67 Å². The molecule has 2 unspecified atom stereocenters. The molecule has 0 saturated carbocycles. The lowest BCUT2D eigenvalue weighted by atomic mass is 9.96. The first-order valence-corrected chi connectivity index (χ1v) is 13.8. The zero-order valence-corrected chi connectivity index (χ0v) is 22.0. The lowest BCUT2D eigenvalue weighted by Crippen LogP contribution is -2.45. The summed E-state index contributed by atoms with van der Waals surface area (Å²) in [6, 6.07) is 0. The second kappa shape index (κ2) is 22.1. The van der Waals surface area contributed by atoms with Crippen molar-refractivity contribution in [3.63, 3.8) is 0 Å². The molecule has 0 aliphatic heterocycles. The SMILES string of the molecule is CCCCNCCN(CCCC)CN(CC(CC)CCCC)CC(CC)CCCC. The Bertz CT molecular complexity index is 316. The fourth-order valence-electron chi connectivity index (χ4n) is 4.34. The van der Waals surface area contributed by atoms with Crippen molar-refractivity contribution in [1.29, 1.82) is 0 Å². The number of nitrogens with zero attached hydrogens (tertiary/aromatic N) is 2. The third kappa shape index (κ3) is 16.6. The second-order valence-corrected chi connectivity index (χ2v) is 9.59. The quantitative estimate of drug-likeness (QED) is 0.138. The molecule has 0 aromatic carbocycles. The normalized spacial score (nSPS) is 14.0. The minimum Gasteiger partial charge on any atom is -0.315 e. The standard InChI is InChI=1S/C27H59N3/c1-7-13-17-26(11-5)23-30(24-27(12-6)18-14-8-2)25-29(21-16-10-4)22-20-28-19-15-9-3/h26-28H,7-25H2,1-6H3. The van der Waals surface area contributed by atoms with Crippen LogP contribution < -0.4 is 5.32 Å². The van der Waals surface area contributed by atoms with E-state index in [1.54, 1.807) is 0 Å². The van der Waals surface area contributed by atoms with Gasteiger partial charge in [-0.3, -0.25) is 9.80 Å². The number of hydrogen-bond acceptors (Lipinski definition) is 3. The lowest BCUT2D eigenvalue weighted by molar-refractivity contribution is 0.0928. The molecule has 3 nitrogen and oxygen atoms in total. The average Bonchev–Trinajstić information content (AvgIpc) is 2.76. The van der Waals surface area contributed by atoms with Crippen LogP contribution in [0.3, 0.4) is 0 Å². The minimum absolute atomic E-state index is 0.865. The minimum atomic E-state index is 0.865. The van der Waals surface area contributed by atoms with Crippen LogP contribution >= 0.6 is 0 Å². The van der Waals surface area contributed by atoms with E-state index in [1.807, 2.05) is 0 Å². The molecule has 0 aliphatic rings. The highest BCUT2D eigenvalue weighted by Crippen LogP contribution is 2.19. The maximum absolute atomic E-state index is 3.67. The Morgan fingerprint density at radius 3 is 1.57 bits per heavy atom. The van der Waals surface area contributed by atoms with Gasteiger partial charge in [-0.05, 0) is 50.6 Å². The fourth-order valence-corrected chi connectivity index (χ4v) is 4.34. The molecule has 0 amide bonds. The van der Waals surface area contributed by atoms with Gasteiger partial charge in [-0.15, -0.1) is 0 Å². The zero-order chi connectivity index (χ0) is 22.5. The summed E-state index contributed by atoms with van der Waals surface area (Å²) in [6.07, 6.45) is 16.1. The Morgan fingerprint density at radius 2 is 1.10 bits per heavy atom. The number of nitrogens with one attached hydrogen (secondary N) is 1. The molecule has 0 aromatic rings. The summed E-state index contributed by atoms with van der Waals surface area (Å²) in [6.45, 7) is 22.6. The van der Waals surface area contributed by atoms with Gasteiger partial charge in [0.25, 0.3) is 0 Å². The summed E-state index contributed by atoms with van der Waals surface area (Å²) < 4.78 is 0. The molecule has 0 aromatic heterocycles. The Morgan fingerprint density at radius 1 is 0.567 bits per heavy atom. The van der Waals surface area contributed by atoms with E-state index in [-0.39, 0.29) is 0 Å². The van der Waals surface area contributed by atoms with Gasteiger partial charge in [0.2, 0.25) is 0 Å². The van der Waals surface area contributed by atoms with Gasteiger partial charge < -0.3 is 5.32 Å². The van der Waals surface area contributed by atoms with E-state index < -0.39 is 0 Å². The molecular formula is C27H59N3. The molecule has 0 spiro atoms. The summed E-state index contributed by atoms with van der Waals surface area (Å²) in [5.74, 6) is 1.73. The van der Waals surface area contributed by atoms with Crippen molar-refractivity contribution < 1.29 is 0 Å². The van der Waals surface area contributed by atoms with Gasteiger partial charge in [-0.2, -0.15) is 0 Å². The van der Waals surface area contributed by atoms with Crippen molar-refractivity contribution in [2.75, 3.05) is 45.9 Å². The molecule has 1 N–H and O–H groups in total. The van der Waals surface area contributed by atoms with Crippen LogP contribution in [0.25, 0.3) is 0 Å². The number of rotatable bonds is 23. The highest BCUT2D eigenvalue weighted by Gasteiger charge is 2.19. The lowest BCUT2D eigenvalue weighted by Gasteiger charge is -2.35. The number of unbranched alkanes of at least 4 members (excludes halogenated alkanes) is 4. The van der Waals surface area contributed by atoms with E-state index in [1.165, 1.54) is 116 Å². The molecule has 0 heterocycles. The number of hydrogen-bond donors (Lipinski definition) is 1. The maximum Gasteiger partial charge on any atom is 0.0506 e. The van der Waals surface area contributed by atoms with Gasteiger partial charge >= 0.3 is 0 Å². The Balaban J connectivity index is 4.97. The largest absolute Gasteiger partial charge is 0.315 e. The van der Waals surface area contributed by atoms with Crippen molar-refractivity contribution in [3.8, 4) is 0 Å². The highest BCUT2D eigenvalue weighted by atomic mass is 15.3. The maximum atomic E-state index is 3.67. The van der Waals surface area contributed by atoms with Crippen LogP contribution in [0, 0.1) is 11.8 Å². The van der Waals surface area contributed by atoms with E-state index in [0.717, 1.165) is 18.4 Å². The van der Waals surface area contributed by atoms with Crippen molar-refractivity contribution in [3.05, 3.63) is 0 Å². The van der Waals surface area contributed by atoms with E-state index in [0.29, 0.717) is 0 Å². The summed E-state index contributed by atoms with van der Waals surface area (Å²) in [4.78, 5) is 5.58. The third-order valence-corrected chi connectivity index (χ3v) is 6.66. The highest BCUT2D eigenvalue weighted by molar-refractivity contribution is 4.72. The first kappa shape index (κ1) is 29.9. The van der Waals surface area contributed by atoms with E-state index in [2.05, 4.69) is 56.7 Å². The average molecular weight is 426 g/mol. The van der Waals surface area contributed by atoms with Crippen LogP contribution in [0.4, 0.5) is 0 Å². The second-order valence-electron chi connectivity index (χ2n) is 9.59. The summed E-state index contributed by atoms with van der Waals surface area (Å²) in [5.41, 5.74) is 0. The molecule has 2 atom stereocenters. The summed E-state index contributed by atoms with van der Waals surface area (Å²) in [7, 11) is 0. The molecule has 3 heteroatoms. The van der Waals surface area contributed by atoms with Gasteiger partial charge in [0.1, 0.15) is 0 Å². The zero-order valence-electron chi connectivity index (χ0n) is 22.0. The molecule has 0 fully saturated rings. The monoisotopic (exact) mass is 425 g/mol. The predicted molar refractivity (Wildman–Crippen MR) is 137 cm³/mol. The van der Waals surface area contributed by atoms with Crippen LogP contribution in [0.1, 0.15) is 119 Å². The summed E-state index contributed by atoms with van der Waals surface area (Å²) >= 11 is 0. The van der Waals surface area contributed by atoms with Gasteiger partial charge in [-0.25, -0.2) is 0 Å². The van der Waals surface area contributed by atoms with Crippen LogP contribution in [-0.4, -0.2) is 55.7 Å². The van der Waals surface area contributed by atoms with Crippen molar-refractivity contribution in [2.24, 2.45) is 11.8 Å². The molecule has 0 saturated heterocycles. The molecular weight excluding hydrogens is 366 g/mol. The molecule has 0 aliphatic carbocycles. The fraction of sp³-hybridized carbons (Fsp3) is 1.00. The Kier molecular flexibility index (Phi) is 22.0. The smallest absolute Gasteiger partial charge is 0.0506 e. The Labute approximate surface area is 191 Å². The first-order valence-electron chi connectivity index (χ1n) is 13.8. The predicted octanol–water partition coefficient (Wildman–Crippen LogP) is 7.17. The van der Waals surface area contributed by atoms with E-state index in [4.69, 9.17) is 0 Å². The molecule has 0 radical (unpaired) electrons. The summed E-state index contributed by atoms with van der Waals surface area (Å²) in [5, 5.41) is 3.67. The molecule has 30 heavy (non-hydrogen) atoms. The van der Waals surface area contributed by atoms with Crippen LogP contribution in [0.2, 0.25) is 0 Å². The van der Waals surface area contributed by atoms with Crippen molar-refractivity contribution >= 4 is 0 Å². The molecule has 182 valence electrons. The van der Waals surface area contributed by atoms with Crippen LogP contribution in [-0.2, 0) is 0 Å². The van der Waals surface area contributed by atoms with E-state index in [9.17, 15) is 0 Å². The van der Waals surface area contributed by atoms with Gasteiger partial charge in [0.15, 0.2) is 0 Å². The molecule has 0 bridgehead atoms. The van der Waals surface area contributed by atoms with Gasteiger partial charge in [0, 0.05) is 26.2 Å². The van der Waals surface area contributed by atoms with E-state index >= 15 is 0 Å². The Hall–Kier alpha value is -0.120.